The maximum atomic E-state index is 9.43. The van der Waals surface area contributed by atoms with Crippen LogP contribution in [0.4, 0.5) is 0 Å². The number of aryl methyl sites for hydroxylation is 1. The van der Waals surface area contributed by atoms with Crippen LogP contribution in [-0.4, -0.2) is 42.9 Å². The predicted octanol–water partition coefficient (Wildman–Crippen LogP) is 1.89. The third-order valence-electron chi connectivity index (χ3n) is 2.31. The summed E-state index contributed by atoms with van der Waals surface area (Å²) in [6, 6.07) is 4.29. The zero-order valence-electron chi connectivity index (χ0n) is 10.3. The van der Waals surface area contributed by atoms with Crippen LogP contribution in [0.15, 0.2) is 12.1 Å². The average Bonchev–Trinajstić information content (AvgIpc) is 2.59. The summed E-state index contributed by atoms with van der Waals surface area (Å²) in [6.45, 7) is 7.09. The Bertz CT molecular complexity index is 299. The molecule has 0 unspecified atom stereocenters. The second kappa shape index (κ2) is 7.01. The van der Waals surface area contributed by atoms with E-state index in [-0.39, 0.29) is 6.10 Å². The van der Waals surface area contributed by atoms with Gasteiger partial charge in [0, 0.05) is 36.5 Å². The highest BCUT2D eigenvalue weighted by Gasteiger charge is 2.09. The minimum atomic E-state index is -0.294. The summed E-state index contributed by atoms with van der Waals surface area (Å²) < 4.78 is 5.08. The molecular weight excluding hydrogens is 222 g/mol. The quantitative estimate of drug-likeness (QED) is 0.794. The van der Waals surface area contributed by atoms with Crippen LogP contribution in [0.25, 0.3) is 0 Å². The van der Waals surface area contributed by atoms with Crippen molar-refractivity contribution >= 4 is 11.3 Å². The predicted molar refractivity (Wildman–Crippen MR) is 67.9 cm³/mol. The molecule has 0 aromatic carbocycles. The standard InChI is InChI=1S/C12H21NO2S/c1-10(14)8-13(6-7-15-3)9-12-5-4-11(2)16-12/h4-5,10,14H,6-9H2,1-3H3/t10-/m0/s1. The number of ether oxygens (including phenoxy) is 1. The molecule has 16 heavy (non-hydrogen) atoms. The molecule has 0 bridgehead atoms. The van der Waals surface area contributed by atoms with Crippen LogP contribution < -0.4 is 0 Å². The fraction of sp³-hybridized carbons (Fsp3) is 0.667. The van der Waals surface area contributed by atoms with Gasteiger partial charge in [-0.1, -0.05) is 0 Å². The third kappa shape index (κ3) is 5.07. The van der Waals surface area contributed by atoms with Gasteiger partial charge in [0.05, 0.1) is 12.7 Å². The van der Waals surface area contributed by atoms with Crippen molar-refractivity contribution in [2.24, 2.45) is 0 Å². The number of aliphatic hydroxyl groups is 1. The van der Waals surface area contributed by atoms with E-state index in [9.17, 15) is 5.11 Å². The molecule has 0 saturated carbocycles. The summed E-state index contributed by atoms with van der Waals surface area (Å²) in [5.74, 6) is 0. The van der Waals surface area contributed by atoms with E-state index in [4.69, 9.17) is 4.74 Å². The molecule has 0 radical (unpaired) electrons. The highest BCUT2D eigenvalue weighted by atomic mass is 32.1. The maximum absolute atomic E-state index is 9.43. The topological polar surface area (TPSA) is 32.7 Å². The molecule has 1 aromatic heterocycles. The lowest BCUT2D eigenvalue weighted by Crippen LogP contribution is -2.33. The zero-order chi connectivity index (χ0) is 12.0. The van der Waals surface area contributed by atoms with E-state index in [1.165, 1.54) is 9.75 Å². The van der Waals surface area contributed by atoms with E-state index in [1.807, 2.05) is 18.3 Å². The van der Waals surface area contributed by atoms with Crippen molar-refractivity contribution in [1.29, 1.82) is 0 Å². The van der Waals surface area contributed by atoms with Gasteiger partial charge in [-0.2, -0.15) is 0 Å². The first-order valence-electron chi connectivity index (χ1n) is 5.56. The minimum Gasteiger partial charge on any atom is -0.392 e. The van der Waals surface area contributed by atoms with Crippen LogP contribution in [0, 0.1) is 6.92 Å². The fourth-order valence-corrected chi connectivity index (χ4v) is 2.55. The van der Waals surface area contributed by atoms with E-state index in [0.717, 1.165) is 13.1 Å². The van der Waals surface area contributed by atoms with Crippen LogP contribution in [0.2, 0.25) is 0 Å². The van der Waals surface area contributed by atoms with Crippen molar-refractivity contribution in [2.45, 2.75) is 26.5 Å². The molecular formula is C12H21NO2S. The van der Waals surface area contributed by atoms with Gasteiger partial charge < -0.3 is 9.84 Å². The smallest absolute Gasteiger partial charge is 0.0639 e. The van der Waals surface area contributed by atoms with Crippen molar-refractivity contribution in [3.05, 3.63) is 21.9 Å². The molecule has 92 valence electrons. The normalized spacial score (nSPS) is 13.3. The van der Waals surface area contributed by atoms with Gasteiger partial charge >= 0.3 is 0 Å². The molecule has 0 amide bonds. The summed E-state index contributed by atoms with van der Waals surface area (Å²) >= 11 is 1.81. The molecule has 1 heterocycles. The van der Waals surface area contributed by atoms with E-state index >= 15 is 0 Å². The first-order valence-corrected chi connectivity index (χ1v) is 6.38. The molecule has 0 aliphatic carbocycles. The molecule has 1 aromatic rings. The van der Waals surface area contributed by atoms with Crippen molar-refractivity contribution in [1.82, 2.24) is 4.90 Å². The third-order valence-corrected chi connectivity index (χ3v) is 3.29. The first-order chi connectivity index (χ1) is 7.61. The maximum Gasteiger partial charge on any atom is 0.0639 e. The summed E-state index contributed by atoms with van der Waals surface area (Å²) in [4.78, 5) is 4.90. The average molecular weight is 243 g/mol. The monoisotopic (exact) mass is 243 g/mol. The van der Waals surface area contributed by atoms with Crippen LogP contribution >= 0.6 is 11.3 Å². The zero-order valence-corrected chi connectivity index (χ0v) is 11.1. The highest BCUT2D eigenvalue weighted by Crippen LogP contribution is 2.17. The number of hydrogen-bond acceptors (Lipinski definition) is 4. The summed E-state index contributed by atoms with van der Waals surface area (Å²) in [5.41, 5.74) is 0. The fourth-order valence-electron chi connectivity index (χ4n) is 1.62. The number of hydrogen-bond donors (Lipinski definition) is 1. The van der Waals surface area contributed by atoms with Crippen LogP contribution in [-0.2, 0) is 11.3 Å². The second-order valence-corrected chi connectivity index (χ2v) is 5.46. The van der Waals surface area contributed by atoms with Gasteiger partial charge in [-0.3, -0.25) is 4.90 Å². The molecule has 1 atom stereocenters. The van der Waals surface area contributed by atoms with Gasteiger partial charge in [-0.05, 0) is 26.0 Å². The van der Waals surface area contributed by atoms with Crippen molar-refractivity contribution < 1.29 is 9.84 Å². The van der Waals surface area contributed by atoms with Gasteiger partial charge in [0.25, 0.3) is 0 Å². The number of thiophene rings is 1. The lowest BCUT2D eigenvalue weighted by atomic mass is 10.3. The summed E-state index contributed by atoms with van der Waals surface area (Å²) in [6.07, 6.45) is -0.294. The van der Waals surface area contributed by atoms with Gasteiger partial charge in [-0.25, -0.2) is 0 Å². The number of nitrogens with zero attached hydrogens (tertiary/aromatic N) is 1. The second-order valence-electron chi connectivity index (χ2n) is 4.09. The van der Waals surface area contributed by atoms with E-state index in [2.05, 4.69) is 24.0 Å². The van der Waals surface area contributed by atoms with Gasteiger partial charge in [0.1, 0.15) is 0 Å². The number of aliphatic hydroxyl groups excluding tert-OH is 1. The van der Waals surface area contributed by atoms with E-state index in [0.29, 0.717) is 13.2 Å². The first kappa shape index (κ1) is 13.6. The van der Waals surface area contributed by atoms with Crippen molar-refractivity contribution in [3.63, 3.8) is 0 Å². The SMILES string of the molecule is COCCN(Cc1ccc(C)s1)C[C@H](C)O. The highest BCUT2D eigenvalue weighted by molar-refractivity contribution is 7.11. The molecule has 0 saturated heterocycles. The molecule has 4 heteroatoms. The summed E-state index contributed by atoms with van der Waals surface area (Å²) in [7, 11) is 1.70. The Labute approximate surface area is 102 Å². The Hall–Kier alpha value is -0.420. The minimum absolute atomic E-state index is 0.294. The van der Waals surface area contributed by atoms with Crippen LogP contribution in [0.1, 0.15) is 16.7 Å². The van der Waals surface area contributed by atoms with Crippen LogP contribution in [0.5, 0.6) is 0 Å². The van der Waals surface area contributed by atoms with Gasteiger partial charge in [-0.15, -0.1) is 11.3 Å². The Kier molecular flexibility index (Phi) is 5.98. The number of methoxy groups -OCH3 is 1. The summed E-state index contributed by atoms with van der Waals surface area (Å²) in [5, 5.41) is 9.43. The largest absolute Gasteiger partial charge is 0.392 e. The Morgan fingerprint density at radius 2 is 2.25 bits per heavy atom. The van der Waals surface area contributed by atoms with E-state index < -0.39 is 0 Å². The lowest BCUT2D eigenvalue weighted by molar-refractivity contribution is 0.0945. The molecule has 0 fully saturated rings. The lowest BCUT2D eigenvalue weighted by Gasteiger charge is -2.22. The Balaban J connectivity index is 2.48. The van der Waals surface area contributed by atoms with Crippen LogP contribution in [0.3, 0.4) is 0 Å². The molecule has 3 nitrogen and oxygen atoms in total. The Morgan fingerprint density at radius 1 is 1.50 bits per heavy atom. The Morgan fingerprint density at radius 3 is 2.75 bits per heavy atom. The van der Waals surface area contributed by atoms with Gasteiger partial charge in [0.2, 0.25) is 0 Å². The molecule has 1 N–H and O–H groups in total. The molecule has 0 aliphatic heterocycles. The molecule has 1 rings (SSSR count). The molecule has 0 spiro atoms. The molecule has 0 aliphatic rings. The van der Waals surface area contributed by atoms with Crippen molar-refractivity contribution in [2.75, 3.05) is 26.8 Å². The van der Waals surface area contributed by atoms with E-state index in [1.54, 1.807) is 7.11 Å². The van der Waals surface area contributed by atoms with Gasteiger partial charge in [0.15, 0.2) is 0 Å². The van der Waals surface area contributed by atoms with Crippen molar-refractivity contribution in [3.8, 4) is 0 Å². The number of rotatable bonds is 7.